The first-order valence-corrected chi connectivity index (χ1v) is 6.35. The van der Waals surface area contributed by atoms with Gasteiger partial charge in [-0.2, -0.15) is 5.10 Å². The third kappa shape index (κ3) is 4.09. The number of aromatic nitrogens is 2. The molecule has 112 valence electrons. The molecule has 0 fully saturated rings. The molecule has 2 rings (SSSR count). The highest BCUT2D eigenvalue weighted by atomic mass is 19.2. The van der Waals surface area contributed by atoms with Crippen molar-refractivity contribution in [3.63, 3.8) is 0 Å². The van der Waals surface area contributed by atoms with Crippen LogP contribution in [0.25, 0.3) is 0 Å². The maximum atomic E-state index is 13.1. The Morgan fingerprint density at radius 3 is 2.71 bits per heavy atom. The van der Waals surface area contributed by atoms with Crippen molar-refractivity contribution in [2.45, 2.75) is 19.5 Å². The van der Waals surface area contributed by atoms with Gasteiger partial charge in [-0.3, -0.25) is 4.79 Å². The number of hydrogen-bond donors (Lipinski definition) is 1. The number of hydrogen-bond acceptors (Lipinski definition) is 4. The van der Waals surface area contributed by atoms with Crippen LogP contribution >= 0.6 is 0 Å². The summed E-state index contributed by atoms with van der Waals surface area (Å²) in [4.78, 5) is 11.9. The van der Waals surface area contributed by atoms with Crippen LogP contribution in [0.1, 0.15) is 12.5 Å². The minimum Gasteiger partial charge on any atom is -0.490 e. The van der Waals surface area contributed by atoms with E-state index in [1.165, 1.54) is 18.3 Å². The molecule has 0 aliphatic carbocycles. The molecule has 0 spiro atoms. The van der Waals surface area contributed by atoms with E-state index in [1.807, 2.05) is 0 Å². The first kappa shape index (κ1) is 15.1. The summed E-state index contributed by atoms with van der Waals surface area (Å²) < 4.78 is 32.3. The van der Waals surface area contributed by atoms with Crippen LogP contribution < -0.4 is 16.0 Å². The van der Waals surface area contributed by atoms with Crippen LogP contribution in [-0.2, 0) is 6.54 Å². The standard InChI is InChI=1S/C14H15F2N3O2/c1-9(17)8-21-11-5-14(20)19(18-6-11)7-10-2-3-12(15)13(16)4-10/h2-6,9H,7-8,17H2,1H3. The number of benzene rings is 1. The SMILES string of the molecule is CC(N)COc1cnn(Cc2ccc(F)c(F)c2)c(=O)c1. The number of rotatable bonds is 5. The summed E-state index contributed by atoms with van der Waals surface area (Å²) in [5.41, 5.74) is 5.58. The molecule has 5 nitrogen and oxygen atoms in total. The predicted molar refractivity (Wildman–Crippen MR) is 73.1 cm³/mol. The van der Waals surface area contributed by atoms with Crippen molar-refractivity contribution in [2.75, 3.05) is 6.61 Å². The van der Waals surface area contributed by atoms with Crippen molar-refractivity contribution >= 4 is 0 Å². The maximum absolute atomic E-state index is 13.1. The zero-order valence-electron chi connectivity index (χ0n) is 11.4. The van der Waals surface area contributed by atoms with Crippen molar-refractivity contribution in [2.24, 2.45) is 5.73 Å². The Kier molecular flexibility index (Phi) is 4.64. The zero-order chi connectivity index (χ0) is 15.4. The molecule has 2 N–H and O–H groups in total. The Labute approximate surface area is 120 Å². The van der Waals surface area contributed by atoms with Crippen LogP contribution in [-0.4, -0.2) is 22.4 Å². The fourth-order valence-corrected chi connectivity index (χ4v) is 1.65. The summed E-state index contributed by atoms with van der Waals surface area (Å²) in [5.74, 6) is -1.57. The number of nitrogens with two attached hydrogens (primary N) is 1. The fraction of sp³-hybridized carbons (Fsp3) is 0.286. The Bertz CT molecular complexity index is 686. The van der Waals surface area contributed by atoms with Gasteiger partial charge in [0.1, 0.15) is 12.4 Å². The summed E-state index contributed by atoms with van der Waals surface area (Å²) >= 11 is 0. The average molecular weight is 295 g/mol. The monoisotopic (exact) mass is 295 g/mol. The van der Waals surface area contributed by atoms with Gasteiger partial charge in [0.05, 0.1) is 12.7 Å². The normalized spacial score (nSPS) is 12.2. The van der Waals surface area contributed by atoms with Crippen molar-refractivity contribution in [1.82, 2.24) is 9.78 Å². The van der Waals surface area contributed by atoms with Crippen LogP contribution in [0.15, 0.2) is 35.3 Å². The lowest BCUT2D eigenvalue weighted by molar-refractivity contribution is 0.293. The van der Waals surface area contributed by atoms with Gasteiger partial charge in [0, 0.05) is 12.1 Å². The molecule has 1 aromatic carbocycles. The summed E-state index contributed by atoms with van der Waals surface area (Å²) in [5, 5.41) is 3.93. The van der Waals surface area contributed by atoms with Gasteiger partial charge in [-0.15, -0.1) is 0 Å². The lowest BCUT2D eigenvalue weighted by Crippen LogP contribution is -2.26. The molecule has 0 saturated carbocycles. The molecule has 0 amide bonds. The molecular formula is C14H15F2N3O2. The van der Waals surface area contributed by atoms with Gasteiger partial charge in [0.2, 0.25) is 0 Å². The zero-order valence-corrected chi connectivity index (χ0v) is 11.4. The summed E-state index contributed by atoms with van der Waals surface area (Å²) in [6.07, 6.45) is 1.38. The van der Waals surface area contributed by atoms with Crippen LogP contribution in [0.3, 0.4) is 0 Å². The van der Waals surface area contributed by atoms with Gasteiger partial charge in [-0.1, -0.05) is 6.07 Å². The van der Waals surface area contributed by atoms with Gasteiger partial charge < -0.3 is 10.5 Å². The van der Waals surface area contributed by atoms with Crippen LogP contribution in [0.5, 0.6) is 5.75 Å². The van der Waals surface area contributed by atoms with Gasteiger partial charge in [-0.25, -0.2) is 13.5 Å². The highest BCUT2D eigenvalue weighted by molar-refractivity contribution is 5.19. The Hall–Kier alpha value is -2.28. The third-order valence-electron chi connectivity index (χ3n) is 2.67. The Morgan fingerprint density at radius 2 is 2.10 bits per heavy atom. The number of ether oxygens (including phenoxy) is 1. The molecule has 0 bridgehead atoms. The van der Waals surface area contributed by atoms with Gasteiger partial charge in [0.25, 0.3) is 5.56 Å². The molecule has 1 atom stereocenters. The molecule has 1 unspecified atom stereocenters. The van der Waals surface area contributed by atoms with E-state index in [0.717, 1.165) is 16.8 Å². The summed E-state index contributed by atoms with van der Waals surface area (Å²) in [6.45, 7) is 2.09. The van der Waals surface area contributed by atoms with E-state index >= 15 is 0 Å². The predicted octanol–water partition coefficient (Wildman–Crippen LogP) is 1.30. The van der Waals surface area contributed by atoms with E-state index in [2.05, 4.69) is 5.10 Å². The van der Waals surface area contributed by atoms with E-state index in [1.54, 1.807) is 6.92 Å². The van der Waals surface area contributed by atoms with Crippen LogP contribution in [0.4, 0.5) is 8.78 Å². The molecule has 1 heterocycles. The Balaban J connectivity index is 2.13. The average Bonchev–Trinajstić information content (AvgIpc) is 2.43. The quantitative estimate of drug-likeness (QED) is 0.902. The largest absolute Gasteiger partial charge is 0.490 e. The highest BCUT2D eigenvalue weighted by Crippen LogP contribution is 2.10. The number of nitrogens with zero attached hydrogens (tertiary/aromatic N) is 2. The first-order chi connectivity index (χ1) is 9.95. The highest BCUT2D eigenvalue weighted by Gasteiger charge is 2.06. The topological polar surface area (TPSA) is 70.1 Å². The summed E-state index contributed by atoms with van der Waals surface area (Å²) in [7, 11) is 0. The van der Waals surface area contributed by atoms with Gasteiger partial charge in [0.15, 0.2) is 11.6 Å². The molecule has 0 aliphatic rings. The molecular weight excluding hydrogens is 280 g/mol. The molecule has 0 aliphatic heterocycles. The minimum absolute atomic E-state index is 0.0452. The molecule has 1 aromatic heterocycles. The van der Waals surface area contributed by atoms with E-state index < -0.39 is 17.2 Å². The second-order valence-electron chi connectivity index (χ2n) is 4.72. The van der Waals surface area contributed by atoms with Gasteiger partial charge >= 0.3 is 0 Å². The van der Waals surface area contributed by atoms with Crippen molar-refractivity contribution in [1.29, 1.82) is 0 Å². The molecule has 0 radical (unpaired) electrons. The fourth-order valence-electron chi connectivity index (χ4n) is 1.65. The molecule has 0 saturated heterocycles. The lowest BCUT2D eigenvalue weighted by Gasteiger charge is -2.09. The smallest absolute Gasteiger partial charge is 0.270 e. The van der Waals surface area contributed by atoms with Crippen molar-refractivity contribution in [3.8, 4) is 5.75 Å². The van der Waals surface area contributed by atoms with E-state index in [9.17, 15) is 13.6 Å². The first-order valence-electron chi connectivity index (χ1n) is 6.35. The molecule has 2 aromatic rings. The second-order valence-corrected chi connectivity index (χ2v) is 4.72. The van der Waals surface area contributed by atoms with Crippen LogP contribution in [0.2, 0.25) is 0 Å². The molecule has 21 heavy (non-hydrogen) atoms. The Morgan fingerprint density at radius 1 is 1.33 bits per heavy atom. The molecule has 7 heteroatoms. The van der Waals surface area contributed by atoms with E-state index in [-0.39, 0.29) is 19.2 Å². The number of halogens is 2. The summed E-state index contributed by atoms with van der Waals surface area (Å²) in [6, 6.07) is 4.55. The second kappa shape index (κ2) is 6.45. The maximum Gasteiger partial charge on any atom is 0.270 e. The van der Waals surface area contributed by atoms with E-state index in [4.69, 9.17) is 10.5 Å². The third-order valence-corrected chi connectivity index (χ3v) is 2.67. The van der Waals surface area contributed by atoms with Crippen molar-refractivity contribution < 1.29 is 13.5 Å². The van der Waals surface area contributed by atoms with Crippen molar-refractivity contribution in [3.05, 3.63) is 58.0 Å². The van der Waals surface area contributed by atoms with Gasteiger partial charge in [-0.05, 0) is 24.6 Å². The minimum atomic E-state index is -0.961. The lowest BCUT2D eigenvalue weighted by atomic mass is 10.2. The van der Waals surface area contributed by atoms with E-state index in [0.29, 0.717) is 11.3 Å². The van der Waals surface area contributed by atoms with Crippen LogP contribution in [0, 0.1) is 11.6 Å².